The van der Waals surface area contributed by atoms with Gasteiger partial charge in [-0.25, -0.2) is 9.97 Å². The van der Waals surface area contributed by atoms with Crippen molar-refractivity contribution in [2.45, 2.75) is 18.9 Å². The van der Waals surface area contributed by atoms with E-state index in [0.717, 1.165) is 19.4 Å². The van der Waals surface area contributed by atoms with Crippen LogP contribution in [0.3, 0.4) is 0 Å². The van der Waals surface area contributed by atoms with E-state index >= 15 is 0 Å². The standard InChI is InChI=1S/C17H18N4O/c18-11-15-17(20-9-8-19-15)21-12-14-7-4-10-22-16(14)13-5-2-1-3-6-13/h1-3,5-6,8-9,14,16H,4,7,10,12H2,(H,20,21). The van der Waals surface area contributed by atoms with Gasteiger partial charge in [-0.05, 0) is 18.4 Å². The van der Waals surface area contributed by atoms with Crippen molar-refractivity contribution in [3.63, 3.8) is 0 Å². The highest BCUT2D eigenvalue weighted by molar-refractivity contribution is 5.46. The molecule has 1 fully saturated rings. The van der Waals surface area contributed by atoms with Crippen LogP contribution in [0.1, 0.15) is 30.2 Å². The van der Waals surface area contributed by atoms with Gasteiger partial charge in [0.15, 0.2) is 11.5 Å². The molecule has 0 radical (unpaired) electrons. The third-order valence-corrected chi connectivity index (χ3v) is 3.91. The van der Waals surface area contributed by atoms with Gasteiger partial charge in [0.25, 0.3) is 0 Å². The Hall–Kier alpha value is -2.45. The van der Waals surface area contributed by atoms with Crippen LogP contribution in [0.15, 0.2) is 42.7 Å². The summed E-state index contributed by atoms with van der Waals surface area (Å²) in [7, 11) is 0. The van der Waals surface area contributed by atoms with Gasteiger partial charge in [0.05, 0.1) is 6.10 Å². The van der Waals surface area contributed by atoms with Crippen LogP contribution >= 0.6 is 0 Å². The summed E-state index contributed by atoms with van der Waals surface area (Å²) in [6, 6.07) is 12.3. The highest BCUT2D eigenvalue weighted by Gasteiger charge is 2.27. The molecule has 1 saturated heterocycles. The highest BCUT2D eigenvalue weighted by atomic mass is 16.5. The van der Waals surface area contributed by atoms with E-state index in [1.54, 1.807) is 6.20 Å². The maximum absolute atomic E-state index is 9.07. The summed E-state index contributed by atoms with van der Waals surface area (Å²) in [5.41, 5.74) is 1.53. The maximum atomic E-state index is 9.07. The Labute approximate surface area is 130 Å². The Morgan fingerprint density at radius 3 is 2.86 bits per heavy atom. The summed E-state index contributed by atoms with van der Waals surface area (Å²) >= 11 is 0. The van der Waals surface area contributed by atoms with Crippen LogP contribution in [0, 0.1) is 17.2 Å². The number of anilines is 1. The molecular weight excluding hydrogens is 276 g/mol. The van der Waals surface area contributed by atoms with E-state index in [9.17, 15) is 0 Å². The lowest BCUT2D eigenvalue weighted by atomic mass is 9.89. The normalized spacial score (nSPS) is 21.0. The third-order valence-electron chi connectivity index (χ3n) is 3.91. The van der Waals surface area contributed by atoms with E-state index in [1.807, 2.05) is 18.2 Å². The SMILES string of the molecule is N#Cc1nccnc1NCC1CCCOC1c1ccccc1. The van der Waals surface area contributed by atoms with E-state index in [4.69, 9.17) is 10.00 Å². The Morgan fingerprint density at radius 1 is 1.23 bits per heavy atom. The first-order valence-electron chi connectivity index (χ1n) is 7.50. The lowest BCUT2D eigenvalue weighted by Crippen LogP contribution is -2.28. The Kier molecular flexibility index (Phi) is 4.62. The molecule has 22 heavy (non-hydrogen) atoms. The zero-order chi connectivity index (χ0) is 15.2. The van der Waals surface area contributed by atoms with E-state index in [0.29, 0.717) is 24.0 Å². The second-order valence-electron chi connectivity index (χ2n) is 5.35. The molecule has 0 saturated carbocycles. The number of nitrogens with one attached hydrogen (secondary N) is 1. The lowest BCUT2D eigenvalue weighted by molar-refractivity contribution is -0.0238. The predicted octanol–water partition coefficient (Wildman–Crippen LogP) is 2.93. The van der Waals surface area contributed by atoms with Crippen LogP contribution in [0.2, 0.25) is 0 Å². The van der Waals surface area contributed by atoms with Gasteiger partial charge in [-0.1, -0.05) is 30.3 Å². The second kappa shape index (κ2) is 7.01. The number of nitriles is 1. The maximum Gasteiger partial charge on any atom is 0.182 e. The van der Waals surface area contributed by atoms with Gasteiger partial charge in [-0.2, -0.15) is 5.26 Å². The molecule has 1 aromatic carbocycles. The van der Waals surface area contributed by atoms with E-state index < -0.39 is 0 Å². The molecule has 2 aromatic rings. The van der Waals surface area contributed by atoms with E-state index in [-0.39, 0.29) is 6.10 Å². The first-order chi connectivity index (χ1) is 10.9. The molecule has 112 valence electrons. The first kappa shape index (κ1) is 14.5. The molecule has 2 atom stereocenters. The Morgan fingerprint density at radius 2 is 2.05 bits per heavy atom. The molecule has 0 amide bonds. The molecule has 0 spiro atoms. The summed E-state index contributed by atoms with van der Waals surface area (Å²) in [4.78, 5) is 8.22. The van der Waals surface area contributed by atoms with Crippen LogP contribution < -0.4 is 5.32 Å². The molecule has 1 aliphatic heterocycles. The molecule has 5 heteroatoms. The topological polar surface area (TPSA) is 70.8 Å². The number of nitrogens with zero attached hydrogens (tertiary/aromatic N) is 3. The minimum absolute atomic E-state index is 0.0876. The van der Waals surface area contributed by atoms with Gasteiger partial charge in [0.1, 0.15) is 6.07 Å². The van der Waals surface area contributed by atoms with Crippen molar-refractivity contribution < 1.29 is 4.74 Å². The fraction of sp³-hybridized carbons (Fsp3) is 0.353. The second-order valence-corrected chi connectivity index (χ2v) is 5.35. The van der Waals surface area contributed by atoms with Crippen molar-refractivity contribution in [2.75, 3.05) is 18.5 Å². The average Bonchev–Trinajstić information content (AvgIpc) is 2.61. The fourth-order valence-corrected chi connectivity index (χ4v) is 2.84. The molecule has 5 nitrogen and oxygen atoms in total. The first-order valence-corrected chi connectivity index (χ1v) is 7.50. The van der Waals surface area contributed by atoms with Gasteiger partial charge in [0, 0.05) is 31.5 Å². The number of hydrogen-bond donors (Lipinski definition) is 1. The molecule has 2 unspecified atom stereocenters. The van der Waals surface area contributed by atoms with Gasteiger partial charge >= 0.3 is 0 Å². The Balaban J connectivity index is 1.71. The van der Waals surface area contributed by atoms with Crippen molar-refractivity contribution in [3.8, 4) is 6.07 Å². The zero-order valence-corrected chi connectivity index (χ0v) is 12.3. The average molecular weight is 294 g/mol. The van der Waals surface area contributed by atoms with Gasteiger partial charge in [-0.3, -0.25) is 0 Å². The quantitative estimate of drug-likeness (QED) is 0.938. The summed E-state index contributed by atoms with van der Waals surface area (Å²) < 4.78 is 5.98. The molecule has 0 bridgehead atoms. The number of hydrogen-bond acceptors (Lipinski definition) is 5. The fourth-order valence-electron chi connectivity index (χ4n) is 2.84. The van der Waals surface area contributed by atoms with Crippen LogP contribution in [0.4, 0.5) is 5.82 Å². The van der Waals surface area contributed by atoms with E-state index in [2.05, 4.69) is 33.5 Å². The van der Waals surface area contributed by atoms with Crippen LogP contribution in [-0.2, 0) is 4.74 Å². The zero-order valence-electron chi connectivity index (χ0n) is 12.3. The number of ether oxygens (including phenoxy) is 1. The minimum Gasteiger partial charge on any atom is -0.373 e. The predicted molar refractivity (Wildman–Crippen MR) is 83.1 cm³/mol. The Bertz CT molecular complexity index is 653. The number of aromatic nitrogens is 2. The monoisotopic (exact) mass is 294 g/mol. The van der Waals surface area contributed by atoms with Crippen molar-refractivity contribution in [1.29, 1.82) is 5.26 Å². The smallest absolute Gasteiger partial charge is 0.182 e. The van der Waals surface area contributed by atoms with Crippen molar-refractivity contribution in [2.24, 2.45) is 5.92 Å². The van der Waals surface area contributed by atoms with Gasteiger partial charge < -0.3 is 10.1 Å². The molecule has 2 heterocycles. The van der Waals surface area contributed by atoms with Gasteiger partial charge in [-0.15, -0.1) is 0 Å². The van der Waals surface area contributed by atoms with Crippen molar-refractivity contribution in [3.05, 3.63) is 54.0 Å². The summed E-state index contributed by atoms with van der Waals surface area (Å²) in [6.07, 6.45) is 5.36. The number of benzene rings is 1. The summed E-state index contributed by atoms with van der Waals surface area (Å²) in [5, 5.41) is 12.3. The molecule has 1 N–H and O–H groups in total. The molecular formula is C17H18N4O. The lowest BCUT2D eigenvalue weighted by Gasteiger charge is -2.32. The molecule has 1 aliphatic rings. The highest BCUT2D eigenvalue weighted by Crippen LogP contribution is 2.33. The van der Waals surface area contributed by atoms with Crippen molar-refractivity contribution in [1.82, 2.24) is 9.97 Å². The van der Waals surface area contributed by atoms with Crippen molar-refractivity contribution >= 4 is 5.82 Å². The summed E-state index contributed by atoms with van der Waals surface area (Å²) in [6.45, 7) is 1.51. The van der Waals surface area contributed by atoms with Crippen LogP contribution in [0.5, 0.6) is 0 Å². The van der Waals surface area contributed by atoms with E-state index in [1.165, 1.54) is 11.8 Å². The number of rotatable bonds is 4. The van der Waals surface area contributed by atoms with Gasteiger partial charge in [0.2, 0.25) is 0 Å². The molecule has 0 aliphatic carbocycles. The van der Waals surface area contributed by atoms with Crippen LogP contribution in [-0.4, -0.2) is 23.1 Å². The van der Waals surface area contributed by atoms with Crippen LogP contribution in [0.25, 0.3) is 0 Å². The summed E-state index contributed by atoms with van der Waals surface area (Å²) in [5.74, 6) is 0.895. The molecule has 1 aromatic heterocycles. The minimum atomic E-state index is 0.0876. The largest absolute Gasteiger partial charge is 0.373 e. The molecule has 3 rings (SSSR count). The third kappa shape index (κ3) is 3.23.